The van der Waals surface area contributed by atoms with Crippen molar-refractivity contribution in [3.63, 3.8) is 0 Å². The average molecular weight is 424 g/mol. The normalized spacial score (nSPS) is 14.5. The van der Waals surface area contributed by atoms with Gasteiger partial charge in [-0.3, -0.25) is 9.59 Å². The van der Waals surface area contributed by atoms with Crippen LogP contribution in [0, 0.1) is 0 Å². The van der Waals surface area contributed by atoms with Gasteiger partial charge in [0.05, 0.1) is 11.8 Å². The molecule has 1 aliphatic rings. The molecule has 0 bridgehead atoms. The lowest BCUT2D eigenvalue weighted by atomic mass is 10.0. The van der Waals surface area contributed by atoms with Gasteiger partial charge in [-0.25, -0.2) is 0 Å². The fourth-order valence-corrected chi connectivity index (χ4v) is 4.43. The van der Waals surface area contributed by atoms with E-state index in [0.717, 1.165) is 38.0 Å². The first-order chi connectivity index (χ1) is 14.7. The molecule has 0 aliphatic carbocycles. The van der Waals surface area contributed by atoms with E-state index in [4.69, 9.17) is 4.42 Å². The number of hydrogen-bond acceptors (Lipinski definition) is 5. The van der Waals surface area contributed by atoms with Crippen LogP contribution in [0.25, 0.3) is 0 Å². The Balaban J connectivity index is 1.32. The molecule has 0 saturated carbocycles. The first-order valence-electron chi connectivity index (χ1n) is 10.2. The third-order valence-corrected chi connectivity index (χ3v) is 6.24. The molecule has 3 heterocycles. The third kappa shape index (κ3) is 4.91. The monoisotopic (exact) mass is 423 g/mol. The number of furan rings is 1. The van der Waals surface area contributed by atoms with E-state index < -0.39 is 0 Å². The molecule has 0 atom stereocenters. The SMILES string of the molecule is O=C(NC1CCN(c2ccccc2C(=O)NCCc2cccs2)CC1)c1ccco1. The van der Waals surface area contributed by atoms with Gasteiger partial charge >= 0.3 is 0 Å². The van der Waals surface area contributed by atoms with Crippen LogP contribution in [0.2, 0.25) is 0 Å². The van der Waals surface area contributed by atoms with Crippen LogP contribution in [0.5, 0.6) is 0 Å². The summed E-state index contributed by atoms with van der Waals surface area (Å²) in [7, 11) is 0. The van der Waals surface area contributed by atoms with Gasteiger partial charge in [0.2, 0.25) is 0 Å². The number of hydrogen-bond donors (Lipinski definition) is 2. The van der Waals surface area contributed by atoms with Crippen LogP contribution in [0.15, 0.2) is 64.6 Å². The maximum Gasteiger partial charge on any atom is 0.287 e. The summed E-state index contributed by atoms with van der Waals surface area (Å²) in [6.07, 6.45) is 3.98. The highest BCUT2D eigenvalue weighted by molar-refractivity contribution is 7.09. The van der Waals surface area contributed by atoms with Gasteiger partial charge in [-0.05, 0) is 55.0 Å². The molecule has 7 heteroatoms. The van der Waals surface area contributed by atoms with Gasteiger partial charge in [0, 0.05) is 36.2 Å². The van der Waals surface area contributed by atoms with E-state index in [-0.39, 0.29) is 17.9 Å². The van der Waals surface area contributed by atoms with Gasteiger partial charge in [0.25, 0.3) is 11.8 Å². The Kier molecular flexibility index (Phi) is 6.49. The van der Waals surface area contributed by atoms with Crippen molar-refractivity contribution in [3.05, 3.63) is 76.4 Å². The molecule has 1 aromatic carbocycles. The molecule has 2 amide bonds. The van der Waals surface area contributed by atoms with Gasteiger partial charge in [-0.2, -0.15) is 0 Å². The maximum atomic E-state index is 12.8. The summed E-state index contributed by atoms with van der Waals surface area (Å²) in [6.45, 7) is 2.18. The number of thiophene rings is 1. The minimum Gasteiger partial charge on any atom is -0.459 e. The molecular weight excluding hydrogens is 398 g/mol. The molecule has 3 aromatic rings. The van der Waals surface area contributed by atoms with Crippen molar-refractivity contribution in [2.75, 3.05) is 24.5 Å². The predicted molar refractivity (Wildman–Crippen MR) is 118 cm³/mol. The quantitative estimate of drug-likeness (QED) is 0.608. The van der Waals surface area contributed by atoms with Gasteiger partial charge < -0.3 is 20.0 Å². The average Bonchev–Trinajstić information content (AvgIpc) is 3.49. The lowest BCUT2D eigenvalue weighted by Crippen LogP contribution is -2.45. The Bertz CT molecular complexity index is 962. The number of amides is 2. The minimum atomic E-state index is -0.177. The zero-order chi connectivity index (χ0) is 20.8. The van der Waals surface area contributed by atoms with Crippen molar-refractivity contribution in [1.82, 2.24) is 10.6 Å². The molecule has 0 spiro atoms. The van der Waals surface area contributed by atoms with E-state index >= 15 is 0 Å². The van der Waals surface area contributed by atoms with E-state index in [0.29, 0.717) is 17.9 Å². The van der Waals surface area contributed by atoms with E-state index in [9.17, 15) is 9.59 Å². The second-order valence-electron chi connectivity index (χ2n) is 7.31. The second-order valence-corrected chi connectivity index (χ2v) is 8.35. The Morgan fingerprint density at radius 3 is 2.60 bits per heavy atom. The number of rotatable bonds is 7. The molecule has 4 rings (SSSR count). The van der Waals surface area contributed by atoms with Crippen LogP contribution in [-0.4, -0.2) is 37.5 Å². The highest BCUT2D eigenvalue weighted by atomic mass is 32.1. The van der Waals surface area contributed by atoms with E-state index in [1.54, 1.807) is 23.5 Å². The first-order valence-corrected chi connectivity index (χ1v) is 11.1. The molecule has 30 heavy (non-hydrogen) atoms. The predicted octanol–water partition coefficient (Wildman–Crippen LogP) is 3.71. The summed E-state index contributed by atoms with van der Waals surface area (Å²) in [4.78, 5) is 28.5. The van der Waals surface area contributed by atoms with Crippen molar-refractivity contribution >= 4 is 28.8 Å². The van der Waals surface area contributed by atoms with Crippen molar-refractivity contribution < 1.29 is 14.0 Å². The summed E-state index contributed by atoms with van der Waals surface area (Å²) >= 11 is 1.70. The third-order valence-electron chi connectivity index (χ3n) is 5.30. The number of benzene rings is 1. The van der Waals surface area contributed by atoms with Crippen LogP contribution < -0.4 is 15.5 Å². The van der Waals surface area contributed by atoms with Crippen molar-refractivity contribution in [2.45, 2.75) is 25.3 Å². The zero-order valence-electron chi connectivity index (χ0n) is 16.7. The molecule has 0 unspecified atom stereocenters. The van der Waals surface area contributed by atoms with Crippen LogP contribution >= 0.6 is 11.3 Å². The van der Waals surface area contributed by atoms with Gasteiger partial charge in [0.15, 0.2) is 5.76 Å². The number of para-hydroxylation sites is 1. The van der Waals surface area contributed by atoms with Crippen LogP contribution in [0.1, 0.15) is 38.6 Å². The smallest absolute Gasteiger partial charge is 0.287 e. The molecule has 1 fully saturated rings. The Labute approximate surface area is 179 Å². The van der Waals surface area contributed by atoms with Crippen molar-refractivity contribution in [2.24, 2.45) is 0 Å². The number of carbonyl (C=O) groups excluding carboxylic acids is 2. The summed E-state index contributed by atoms with van der Waals surface area (Å²) in [5.41, 5.74) is 1.64. The molecule has 1 aliphatic heterocycles. The summed E-state index contributed by atoms with van der Waals surface area (Å²) in [5.74, 6) is 0.112. The molecule has 1 saturated heterocycles. The largest absolute Gasteiger partial charge is 0.459 e. The number of nitrogens with zero attached hydrogens (tertiary/aromatic N) is 1. The van der Waals surface area contributed by atoms with E-state index in [1.807, 2.05) is 35.7 Å². The Morgan fingerprint density at radius 2 is 1.87 bits per heavy atom. The Morgan fingerprint density at radius 1 is 1.03 bits per heavy atom. The number of carbonyl (C=O) groups is 2. The van der Waals surface area contributed by atoms with Crippen LogP contribution in [-0.2, 0) is 6.42 Å². The molecular formula is C23H25N3O3S. The molecule has 2 aromatic heterocycles. The standard InChI is InChI=1S/C23H25N3O3S/c27-22(24-12-9-18-5-4-16-30-18)19-6-1-2-7-20(19)26-13-10-17(11-14-26)25-23(28)21-8-3-15-29-21/h1-8,15-17H,9-14H2,(H,24,27)(H,25,28). The summed E-state index contributed by atoms with van der Waals surface area (Å²) in [5, 5.41) is 8.12. The van der Waals surface area contributed by atoms with Gasteiger partial charge in [-0.15, -0.1) is 11.3 Å². The van der Waals surface area contributed by atoms with Crippen LogP contribution in [0.4, 0.5) is 5.69 Å². The number of nitrogens with one attached hydrogen (secondary N) is 2. The molecule has 156 valence electrons. The minimum absolute atomic E-state index is 0.0459. The number of anilines is 1. The lowest BCUT2D eigenvalue weighted by Gasteiger charge is -2.34. The van der Waals surface area contributed by atoms with E-state index in [1.165, 1.54) is 11.1 Å². The second kappa shape index (κ2) is 9.63. The number of piperidine rings is 1. The summed E-state index contributed by atoms with van der Waals surface area (Å²) in [6, 6.07) is 15.3. The zero-order valence-corrected chi connectivity index (χ0v) is 17.5. The van der Waals surface area contributed by atoms with Crippen molar-refractivity contribution in [1.29, 1.82) is 0 Å². The Hall–Kier alpha value is -3.06. The van der Waals surface area contributed by atoms with Gasteiger partial charge in [-0.1, -0.05) is 18.2 Å². The lowest BCUT2D eigenvalue weighted by molar-refractivity contribution is 0.0902. The first kappa shape index (κ1) is 20.2. The van der Waals surface area contributed by atoms with Crippen molar-refractivity contribution in [3.8, 4) is 0 Å². The fraction of sp³-hybridized carbons (Fsp3) is 0.304. The van der Waals surface area contributed by atoms with Gasteiger partial charge in [0.1, 0.15) is 0 Å². The summed E-state index contributed by atoms with van der Waals surface area (Å²) < 4.78 is 5.16. The molecule has 6 nitrogen and oxygen atoms in total. The molecule has 2 N–H and O–H groups in total. The van der Waals surface area contributed by atoms with Crippen LogP contribution in [0.3, 0.4) is 0 Å². The highest BCUT2D eigenvalue weighted by Crippen LogP contribution is 2.24. The fourth-order valence-electron chi connectivity index (χ4n) is 3.72. The maximum absolute atomic E-state index is 12.8. The molecule has 0 radical (unpaired) electrons. The topological polar surface area (TPSA) is 74.6 Å². The highest BCUT2D eigenvalue weighted by Gasteiger charge is 2.24. The van der Waals surface area contributed by atoms with E-state index in [2.05, 4.69) is 21.6 Å².